The second-order valence-electron chi connectivity index (χ2n) is 6.46. The first-order valence-corrected chi connectivity index (χ1v) is 9.74. The molecule has 0 atom stereocenters. The first kappa shape index (κ1) is 21.0. The molecule has 0 aliphatic rings. The topological polar surface area (TPSA) is 56.8 Å². The highest BCUT2D eigenvalue weighted by atomic mass is 16.5. The van der Waals surface area contributed by atoms with Crippen LogP contribution in [0, 0.1) is 0 Å². The third-order valence-electron chi connectivity index (χ3n) is 4.28. The van der Waals surface area contributed by atoms with Gasteiger partial charge in [-0.15, -0.1) is 0 Å². The quantitative estimate of drug-likeness (QED) is 0.491. The molecular formula is C25H25NO4. The van der Waals surface area contributed by atoms with Gasteiger partial charge in [0.25, 0.3) is 0 Å². The van der Waals surface area contributed by atoms with Crippen LogP contribution in [0.15, 0.2) is 78.9 Å². The lowest BCUT2D eigenvalue weighted by molar-refractivity contribution is -0.111. The number of carbonyl (C=O) groups is 1. The molecule has 3 rings (SSSR count). The Hall–Kier alpha value is -3.73. The number of methoxy groups -OCH3 is 1. The van der Waals surface area contributed by atoms with Crippen LogP contribution in [0.4, 0.5) is 5.69 Å². The Morgan fingerprint density at radius 1 is 0.933 bits per heavy atom. The monoisotopic (exact) mass is 403 g/mol. The summed E-state index contributed by atoms with van der Waals surface area (Å²) in [6, 6.07) is 22.7. The van der Waals surface area contributed by atoms with Crippen molar-refractivity contribution in [2.75, 3.05) is 19.0 Å². The molecule has 3 aromatic carbocycles. The van der Waals surface area contributed by atoms with Crippen molar-refractivity contribution in [3.05, 3.63) is 90.0 Å². The smallest absolute Gasteiger partial charge is 0.248 e. The van der Waals surface area contributed by atoms with E-state index in [2.05, 4.69) is 5.32 Å². The number of benzene rings is 3. The van der Waals surface area contributed by atoms with Crippen molar-refractivity contribution in [1.29, 1.82) is 0 Å². The summed E-state index contributed by atoms with van der Waals surface area (Å²) >= 11 is 0. The zero-order valence-corrected chi connectivity index (χ0v) is 17.1. The number of hydrogen-bond donors (Lipinski definition) is 1. The maximum atomic E-state index is 12.2. The lowest BCUT2D eigenvalue weighted by Gasteiger charge is -2.11. The third-order valence-corrected chi connectivity index (χ3v) is 4.28. The van der Waals surface area contributed by atoms with Crippen LogP contribution in [0.25, 0.3) is 6.08 Å². The zero-order chi connectivity index (χ0) is 21.2. The Labute approximate surface area is 176 Å². The Morgan fingerprint density at radius 2 is 1.70 bits per heavy atom. The van der Waals surface area contributed by atoms with Crippen LogP contribution in [-0.4, -0.2) is 19.6 Å². The first-order chi connectivity index (χ1) is 14.7. The summed E-state index contributed by atoms with van der Waals surface area (Å²) in [6.45, 7) is 2.99. The summed E-state index contributed by atoms with van der Waals surface area (Å²) in [7, 11) is 1.59. The van der Waals surface area contributed by atoms with Gasteiger partial charge in [0.15, 0.2) is 11.5 Å². The van der Waals surface area contributed by atoms with Crippen LogP contribution >= 0.6 is 0 Å². The maximum absolute atomic E-state index is 12.2. The van der Waals surface area contributed by atoms with E-state index < -0.39 is 0 Å². The Balaban J connectivity index is 1.59. The van der Waals surface area contributed by atoms with Crippen molar-refractivity contribution in [3.8, 4) is 17.2 Å². The molecule has 0 heterocycles. The lowest BCUT2D eigenvalue weighted by Crippen LogP contribution is -2.07. The highest BCUT2D eigenvalue weighted by Gasteiger charge is 2.06. The Morgan fingerprint density at radius 3 is 2.40 bits per heavy atom. The van der Waals surface area contributed by atoms with Crippen LogP contribution < -0.4 is 19.5 Å². The van der Waals surface area contributed by atoms with Gasteiger partial charge in [-0.3, -0.25) is 4.79 Å². The van der Waals surface area contributed by atoms with Crippen molar-refractivity contribution < 1.29 is 19.0 Å². The number of amides is 1. The highest BCUT2D eigenvalue weighted by molar-refractivity contribution is 6.01. The largest absolute Gasteiger partial charge is 0.494 e. The molecule has 0 aliphatic carbocycles. The average molecular weight is 403 g/mol. The standard InChI is InChI=1S/C25H25NO4/c1-3-29-22-13-11-21(12-14-22)26-25(27)16-10-19-9-15-23(24(17-19)28-2)30-18-20-7-5-4-6-8-20/h4-17H,3,18H2,1-2H3,(H,26,27)/b16-10+. The molecule has 1 N–H and O–H groups in total. The summed E-state index contributed by atoms with van der Waals surface area (Å²) in [5.41, 5.74) is 2.62. The molecule has 0 spiro atoms. The van der Waals surface area contributed by atoms with Gasteiger partial charge in [0.1, 0.15) is 12.4 Å². The van der Waals surface area contributed by atoms with E-state index in [0.29, 0.717) is 30.4 Å². The number of rotatable bonds is 9. The molecule has 0 saturated carbocycles. The van der Waals surface area contributed by atoms with Crippen molar-refractivity contribution >= 4 is 17.7 Å². The maximum Gasteiger partial charge on any atom is 0.248 e. The van der Waals surface area contributed by atoms with Crippen molar-refractivity contribution in [1.82, 2.24) is 0 Å². The molecule has 154 valence electrons. The number of hydrogen-bond acceptors (Lipinski definition) is 4. The molecule has 5 nitrogen and oxygen atoms in total. The zero-order valence-electron chi connectivity index (χ0n) is 17.1. The molecule has 1 amide bonds. The molecular weight excluding hydrogens is 378 g/mol. The second kappa shape index (κ2) is 10.7. The van der Waals surface area contributed by atoms with E-state index in [0.717, 1.165) is 16.9 Å². The fourth-order valence-corrected chi connectivity index (χ4v) is 2.80. The molecule has 0 fully saturated rings. The van der Waals surface area contributed by atoms with Crippen molar-refractivity contribution in [3.63, 3.8) is 0 Å². The molecule has 0 bridgehead atoms. The van der Waals surface area contributed by atoms with E-state index in [4.69, 9.17) is 14.2 Å². The Kier molecular flexibility index (Phi) is 7.50. The van der Waals surface area contributed by atoms with Gasteiger partial charge < -0.3 is 19.5 Å². The summed E-state index contributed by atoms with van der Waals surface area (Å²) in [5.74, 6) is 1.81. The number of carbonyl (C=O) groups excluding carboxylic acids is 1. The van der Waals surface area contributed by atoms with E-state index in [1.165, 1.54) is 6.08 Å². The van der Waals surface area contributed by atoms with Crippen LogP contribution in [0.1, 0.15) is 18.1 Å². The minimum Gasteiger partial charge on any atom is -0.494 e. The summed E-state index contributed by atoms with van der Waals surface area (Å²) in [4.78, 5) is 12.2. The fraction of sp³-hybridized carbons (Fsp3) is 0.160. The molecule has 5 heteroatoms. The second-order valence-corrected chi connectivity index (χ2v) is 6.46. The van der Waals surface area contributed by atoms with Crippen LogP contribution in [-0.2, 0) is 11.4 Å². The van der Waals surface area contributed by atoms with Gasteiger partial charge in [0, 0.05) is 11.8 Å². The Bertz CT molecular complexity index is 982. The summed E-state index contributed by atoms with van der Waals surface area (Å²) < 4.78 is 16.7. The normalized spacial score (nSPS) is 10.6. The van der Waals surface area contributed by atoms with Crippen LogP contribution in [0.5, 0.6) is 17.2 Å². The number of nitrogens with one attached hydrogen (secondary N) is 1. The predicted octanol–water partition coefficient (Wildman–Crippen LogP) is 5.32. The third kappa shape index (κ3) is 6.14. The number of anilines is 1. The average Bonchev–Trinajstić information content (AvgIpc) is 2.78. The van der Waals surface area contributed by atoms with Gasteiger partial charge in [-0.25, -0.2) is 0 Å². The van der Waals surface area contributed by atoms with Crippen LogP contribution in [0.2, 0.25) is 0 Å². The minimum absolute atomic E-state index is 0.220. The van der Waals surface area contributed by atoms with Crippen molar-refractivity contribution in [2.24, 2.45) is 0 Å². The molecule has 0 saturated heterocycles. The fourth-order valence-electron chi connectivity index (χ4n) is 2.80. The molecule has 0 radical (unpaired) electrons. The van der Waals surface area contributed by atoms with E-state index >= 15 is 0 Å². The summed E-state index contributed by atoms with van der Waals surface area (Å²) in [6.07, 6.45) is 3.21. The van der Waals surface area contributed by atoms with Crippen molar-refractivity contribution in [2.45, 2.75) is 13.5 Å². The lowest BCUT2D eigenvalue weighted by atomic mass is 10.2. The van der Waals surface area contributed by atoms with Gasteiger partial charge in [0.05, 0.1) is 13.7 Å². The molecule has 30 heavy (non-hydrogen) atoms. The number of ether oxygens (including phenoxy) is 3. The molecule has 0 aromatic heterocycles. The SMILES string of the molecule is CCOc1ccc(NC(=O)/C=C/c2ccc(OCc3ccccc3)c(OC)c2)cc1. The van der Waals surface area contributed by atoms with Gasteiger partial charge in [-0.2, -0.15) is 0 Å². The minimum atomic E-state index is -0.220. The van der Waals surface area contributed by atoms with Gasteiger partial charge in [0.2, 0.25) is 5.91 Å². The summed E-state index contributed by atoms with van der Waals surface area (Å²) in [5, 5.41) is 2.82. The van der Waals surface area contributed by atoms with E-state index in [-0.39, 0.29) is 5.91 Å². The van der Waals surface area contributed by atoms with E-state index in [1.807, 2.05) is 67.6 Å². The predicted molar refractivity (Wildman–Crippen MR) is 119 cm³/mol. The van der Waals surface area contributed by atoms with Gasteiger partial charge >= 0.3 is 0 Å². The molecule has 0 unspecified atom stereocenters. The highest BCUT2D eigenvalue weighted by Crippen LogP contribution is 2.29. The van der Waals surface area contributed by atoms with E-state index in [9.17, 15) is 4.79 Å². The first-order valence-electron chi connectivity index (χ1n) is 9.74. The molecule has 0 aliphatic heterocycles. The molecule has 3 aromatic rings. The van der Waals surface area contributed by atoms with Gasteiger partial charge in [-0.1, -0.05) is 36.4 Å². The van der Waals surface area contributed by atoms with E-state index in [1.54, 1.807) is 25.3 Å². The van der Waals surface area contributed by atoms with Crippen LogP contribution in [0.3, 0.4) is 0 Å². The van der Waals surface area contributed by atoms with Gasteiger partial charge in [-0.05, 0) is 60.5 Å².